The average Bonchev–Trinajstić information content (AvgIpc) is 2.87. The second-order valence-electron chi connectivity index (χ2n) is 8.01. The summed E-state index contributed by atoms with van der Waals surface area (Å²) in [6.45, 7) is 0. The van der Waals surface area contributed by atoms with Crippen molar-refractivity contribution >= 4 is 11.4 Å². The SMILES string of the molecule is O=[N+]([O-])c1c(Oc2ccc(C(F)(F)F)c(-c3ccccc3)c2[N+](=O)[O-])ccc(C(F)(F)F)c1-c1ccccc1. The van der Waals surface area contributed by atoms with Gasteiger partial charge in [0.15, 0.2) is 0 Å². The zero-order chi connectivity index (χ0) is 28.5. The maximum absolute atomic E-state index is 13.8. The number of rotatable bonds is 6. The maximum atomic E-state index is 13.8. The highest BCUT2D eigenvalue weighted by Gasteiger charge is 2.41. The van der Waals surface area contributed by atoms with E-state index in [0.29, 0.717) is 24.3 Å². The van der Waals surface area contributed by atoms with Crippen molar-refractivity contribution in [1.82, 2.24) is 0 Å². The van der Waals surface area contributed by atoms with Gasteiger partial charge in [-0.05, 0) is 35.4 Å². The highest BCUT2D eigenvalue weighted by molar-refractivity contribution is 5.83. The molecule has 7 nitrogen and oxygen atoms in total. The third-order valence-corrected chi connectivity index (χ3v) is 5.60. The summed E-state index contributed by atoms with van der Waals surface area (Å²) in [5.74, 6) is -1.68. The molecule has 0 aliphatic carbocycles. The Labute approximate surface area is 215 Å². The minimum absolute atomic E-state index is 0.200. The van der Waals surface area contributed by atoms with Crippen LogP contribution in [0.3, 0.4) is 0 Å². The van der Waals surface area contributed by atoms with Crippen LogP contribution in [0.1, 0.15) is 11.1 Å². The van der Waals surface area contributed by atoms with Gasteiger partial charge in [0.05, 0.1) is 32.1 Å². The Morgan fingerprint density at radius 1 is 0.538 bits per heavy atom. The highest BCUT2D eigenvalue weighted by Crippen LogP contribution is 2.51. The standard InChI is InChI=1S/C26H14F6N2O5/c27-25(28,29)17-11-13-19(23(33(35)36)21(17)15-7-3-1-4-8-15)39-20-14-12-18(26(30,31)32)22(24(20)34(37)38)16-9-5-2-6-10-16/h1-14H. The van der Waals surface area contributed by atoms with Gasteiger partial charge in [0.25, 0.3) is 0 Å². The van der Waals surface area contributed by atoms with Crippen molar-refractivity contribution < 1.29 is 40.9 Å². The normalized spacial score (nSPS) is 11.7. The second-order valence-corrected chi connectivity index (χ2v) is 8.01. The number of halogens is 6. The van der Waals surface area contributed by atoms with E-state index in [-0.39, 0.29) is 11.1 Å². The summed E-state index contributed by atoms with van der Waals surface area (Å²) in [5.41, 5.74) is -7.24. The van der Waals surface area contributed by atoms with Crippen LogP contribution in [-0.2, 0) is 12.4 Å². The number of nitrogens with zero attached hydrogens (tertiary/aromatic N) is 2. The minimum atomic E-state index is -5.03. The molecule has 0 unspecified atom stereocenters. The van der Waals surface area contributed by atoms with Crippen molar-refractivity contribution in [3.05, 3.63) is 116 Å². The second kappa shape index (κ2) is 10.1. The third-order valence-electron chi connectivity index (χ3n) is 5.60. The van der Waals surface area contributed by atoms with Crippen LogP contribution in [0.25, 0.3) is 22.3 Å². The molecular formula is C26H14F6N2O5. The van der Waals surface area contributed by atoms with Gasteiger partial charge in [-0.2, -0.15) is 26.3 Å². The van der Waals surface area contributed by atoms with E-state index in [1.165, 1.54) is 60.7 Å². The number of hydrogen-bond acceptors (Lipinski definition) is 5. The number of alkyl halides is 6. The molecule has 0 aliphatic rings. The largest absolute Gasteiger partial charge is 0.443 e. The average molecular weight is 548 g/mol. The molecule has 0 N–H and O–H groups in total. The van der Waals surface area contributed by atoms with Gasteiger partial charge in [0, 0.05) is 0 Å². The van der Waals surface area contributed by atoms with E-state index in [2.05, 4.69) is 0 Å². The molecule has 0 amide bonds. The van der Waals surface area contributed by atoms with Crippen LogP contribution in [-0.4, -0.2) is 9.85 Å². The van der Waals surface area contributed by atoms with Crippen LogP contribution >= 0.6 is 0 Å². The summed E-state index contributed by atoms with van der Waals surface area (Å²) < 4.78 is 88.5. The highest BCUT2D eigenvalue weighted by atomic mass is 19.4. The lowest BCUT2D eigenvalue weighted by atomic mass is 9.96. The van der Waals surface area contributed by atoms with E-state index >= 15 is 0 Å². The van der Waals surface area contributed by atoms with Crippen LogP contribution in [0, 0.1) is 20.2 Å². The molecule has 0 fully saturated rings. The molecule has 0 saturated heterocycles. The van der Waals surface area contributed by atoms with Gasteiger partial charge < -0.3 is 4.74 Å². The van der Waals surface area contributed by atoms with Gasteiger partial charge in [0.2, 0.25) is 11.5 Å². The predicted molar refractivity (Wildman–Crippen MR) is 127 cm³/mol. The molecule has 0 saturated carbocycles. The number of hydrogen-bond donors (Lipinski definition) is 0. The summed E-state index contributed by atoms with van der Waals surface area (Å²) in [5, 5.41) is 24.1. The number of nitro groups is 2. The molecule has 4 aromatic carbocycles. The number of nitro benzene ring substituents is 2. The first-order valence-electron chi connectivity index (χ1n) is 10.9. The van der Waals surface area contributed by atoms with Crippen molar-refractivity contribution in [1.29, 1.82) is 0 Å². The Balaban J connectivity index is 2.02. The topological polar surface area (TPSA) is 95.5 Å². The van der Waals surface area contributed by atoms with Gasteiger partial charge in [-0.25, -0.2) is 0 Å². The van der Waals surface area contributed by atoms with Gasteiger partial charge in [-0.15, -0.1) is 0 Å². The molecule has 4 rings (SSSR count). The molecule has 0 aromatic heterocycles. The van der Waals surface area contributed by atoms with E-state index in [9.17, 15) is 46.6 Å². The lowest BCUT2D eigenvalue weighted by molar-refractivity contribution is -0.387. The number of benzene rings is 4. The van der Waals surface area contributed by atoms with Crippen molar-refractivity contribution in [2.75, 3.05) is 0 Å². The molecule has 13 heteroatoms. The molecule has 0 atom stereocenters. The summed E-state index contributed by atoms with van der Waals surface area (Å²) in [6, 6.07) is 15.3. The van der Waals surface area contributed by atoms with Crippen LogP contribution in [0.4, 0.5) is 37.7 Å². The summed E-state index contributed by atoms with van der Waals surface area (Å²) in [6.07, 6.45) is -10.1. The van der Waals surface area contributed by atoms with Gasteiger partial charge in [-0.3, -0.25) is 20.2 Å². The molecule has 39 heavy (non-hydrogen) atoms. The third kappa shape index (κ3) is 5.37. The molecule has 0 spiro atoms. The van der Waals surface area contributed by atoms with Gasteiger partial charge in [0.1, 0.15) is 0 Å². The monoisotopic (exact) mass is 548 g/mol. The van der Waals surface area contributed by atoms with E-state index in [1.807, 2.05) is 0 Å². The predicted octanol–water partition coefficient (Wildman–Crippen LogP) is 8.67. The minimum Gasteiger partial charge on any atom is -0.443 e. The smallest absolute Gasteiger partial charge is 0.417 e. The zero-order valence-electron chi connectivity index (χ0n) is 19.3. The van der Waals surface area contributed by atoms with Crippen LogP contribution in [0.2, 0.25) is 0 Å². The molecule has 0 heterocycles. The fourth-order valence-corrected chi connectivity index (χ4v) is 4.06. The molecule has 0 aliphatic heterocycles. The first kappa shape index (κ1) is 27.1. The fourth-order valence-electron chi connectivity index (χ4n) is 4.06. The molecule has 200 valence electrons. The summed E-state index contributed by atoms with van der Waals surface area (Å²) in [7, 11) is 0. The Hall–Kier alpha value is -4.94. The van der Waals surface area contributed by atoms with Crippen molar-refractivity contribution in [2.45, 2.75) is 12.4 Å². The summed E-state index contributed by atoms with van der Waals surface area (Å²) >= 11 is 0. The lowest BCUT2D eigenvalue weighted by Crippen LogP contribution is -2.11. The number of ether oxygens (including phenoxy) is 1. The van der Waals surface area contributed by atoms with E-state index in [4.69, 9.17) is 4.74 Å². The molecule has 0 bridgehead atoms. The van der Waals surface area contributed by atoms with Crippen LogP contribution < -0.4 is 4.74 Å². The molecule has 4 aromatic rings. The lowest BCUT2D eigenvalue weighted by Gasteiger charge is -2.18. The van der Waals surface area contributed by atoms with Crippen LogP contribution in [0.5, 0.6) is 11.5 Å². The fraction of sp³-hybridized carbons (Fsp3) is 0.0769. The summed E-state index contributed by atoms with van der Waals surface area (Å²) in [4.78, 5) is 21.8. The van der Waals surface area contributed by atoms with Crippen molar-refractivity contribution in [2.24, 2.45) is 0 Å². The van der Waals surface area contributed by atoms with Crippen LogP contribution in [0.15, 0.2) is 84.9 Å². The molecular weight excluding hydrogens is 534 g/mol. The first-order chi connectivity index (χ1) is 18.3. The zero-order valence-corrected chi connectivity index (χ0v) is 19.3. The van der Waals surface area contributed by atoms with Gasteiger partial charge >= 0.3 is 23.7 Å². The molecule has 0 radical (unpaired) electrons. The Kier molecular flexibility index (Phi) is 7.01. The Morgan fingerprint density at radius 3 is 1.15 bits per heavy atom. The first-order valence-corrected chi connectivity index (χ1v) is 10.9. The van der Waals surface area contributed by atoms with E-state index in [0.717, 1.165) is 0 Å². The Bertz CT molecular complexity index is 1440. The quantitative estimate of drug-likeness (QED) is 0.136. The van der Waals surface area contributed by atoms with Crippen molar-refractivity contribution in [3.63, 3.8) is 0 Å². The van der Waals surface area contributed by atoms with Crippen molar-refractivity contribution in [3.8, 4) is 33.8 Å². The van der Waals surface area contributed by atoms with E-state index < -0.39 is 67.3 Å². The Morgan fingerprint density at radius 2 is 0.872 bits per heavy atom. The van der Waals surface area contributed by atoms with Gasteiger partial charge in [-0.1, -0.05) is 60.7 Å². The maximum Gasteiger partial charge on any atom is 0.417 e. The van der Waals surface area contributed by atoms with E-state index in [1.54, 1.807) is 0 Å².